The second-order valence-corrected chi connectivity index (χ2v) is 5.94. The van der Waals surface area contributed by atoms with E-state index in [4.69, 9.17) is 0 Å². The summed E-state index contributed by atoms with van der Waals surface area (Å²) in [4.78, 5) is 0. The van der Waals surface area contributed by atoms with Gasteiger partial charge in [0.2, 0.25) is 6.01 Å². The molecule has 0 aliphatic heterocycles. The largest absolute Gasteiger partial charge is 0.253 e. The van der Waals surface area contributed by atoms with Crippen LogP contribution in [0, 0.1) is 0 Å². The summed E-state index contributed by atoms with van der Waals surface area (Å²) in [5, 5.41) is 0. The van der Waals surface area contributed by atoms with Crippen LogP contribution in [-0.2, 0) is 10.0 Å². The summed E-state index contributed by atoms with van der Waals surface area (Å²) < 4.78 is 34.6. The van der Waals surface area contributed by atoms with E-state index in [1.54, 1.807) is 0 Å². The van der Waals surface area contributed by atoms with Crippen molar-refractivity contribution in [2.75, 3.05) is 12.6 Å². The first-order valence-electron chi connectivity index (χ1n) is 4.26. The van der Waals surface area contributed by atoms with Crippen LogP contribution in [0.4, 0.5) is 4.39 Å². The first kappa shape index (κ1) is 13.3. The van der Waals surface area contributed by atoms with E-state index in [0.717, 1.165) is 29.0 Å². The van der Waals surface area contributed by atoms with E-state index in [9.17, 15) is 12.8 Å². The monoisotopic (exact) mass is 275 g/mol. The van der Waals surface area contributed by atoms with Crippen molar-refractivity contribution < 1.29 is 12.8 Å². The fourth-order valence-corrected chi connectivity index (χ4v) is 1.85. The predicted octanol–water partition coefficient (Wildman–Crippen LogP) is 2.44. The Balaban J connectivity index is 3.69. The number of sulfonamides is 1. The highest BCUT2D eigenvalue weighted by atomic mass is 79.9. The Morgan fingerprint density at radius 3 is 2.38 bits per heavy atom. The molecule has 6 heteroatoms. The molecule has 0 amide bonds. The third-order valence-corrected chi connectivity index (χ3v) is 4.37. The lowest BCUT2D eigenvalue weighted by Gasteiger charge is -2.11. The minimum Gasteiger partial charge on any atom is -0.232 e. The topological polar surface area (TPSA) is 37.4 Å². The second-order valence-electron chi connectivity index (χ2n) is 2.79. The first-order chi connectivity index (χ1) is 6.04. The third kappa shape index (κ3) is 5.59. The Bertz CT molecular complexity index is 221. The van der Waals surface area contributed by atoms with Gasteiger partial charge in [-0.25, -0.2) is 12.8 Å². The van der Waals surface area contributed by atoms with Crippen LogP contribution in [0.5, 0.6) is 0 Å². The van der Waals surface area contributed by atoms with Crippen molar-refractivity contribution in [1.29, 1.82) is 0 Å². The Kier molecular flexibility index (Phi) is 6.89. The van der Waals surface area contributed by atoms with Crippen molar-refractivity contribution in [2.24, 2.45) is 0 Å². The standard InChI is InChI=1S/C7H15BrFNO2S/c1-2-3-4-5-6-10(8)13(11,12)7-9/h2-7H2,1H3. The molecule has 0 spiro atoms. The van der Waals surface area contributed by atoms with E-state index in [0.29, 0.717) is 6.54 Å². The van der Waals surface area contributed by atoms with Crippen LogP contribution in [0.15, 0.2) is 0 Å². The molecule has 80 valence electrons. The Morgan fingerprint density at radius 2 is 1.92 bits per heavy atom. The molecule has 0 aromatic rings. The van der Waals surface area contributed by atoms with Gasteiger partial charge in [-0.2, -0.15) is 0 Å². The van der Waals surface area contributed by atoms with Gasteiger partial charge in [0.25, 0.3) is 10.0 Å². The maximum Gasteiger partial charge on any atom is 0.253 e. The van der Waals surface area contributed by atoms with Crippen LogP contribution < -0.4 is 0 Å². The number of hydrogen-bond acceptors (Lipinski definition) is 2. The Morgan fingerprint density at radius 1 is 1.31 bits per heavy atom. The molecule has 0 saturated heterocycles. The average Bonchev–Trinajstić information content (AvgIpc) is 2.12. The van der Waals surface area contributed by atoms with Crippen LogP contribution in [-0.4, -0.2) is 24.3 Å². The highest BCUT2D eigenvalue weighted by molar-refractivity contribution is 9.08. The number of alkyl halides is 1. The van der Waals surface area contributed by atoms with Crippen molar-refractivity contribution in [3.8, 4) is 0 Å². The van der Waals surface area contributed by atoms with Gasteiger partial charge in [-0.05, 0) is 6.42 Å². The average molecular weight is 276 g/mol. The quantitative estimate of drug-likeness (QED) is 0.529. The van der Waals surface area contributed by atoms with Crippen LogP contribution in [0.2, 0.25) is 0 Å². The number of hydrogen-bond donors (Lipinski definition) is 0. The summed E-state index contributed by atoms with van der Waals surface area (Å²) in [7, 11) is -3.70. The van der Waals surface area contributed by atoms with Crippen molar-refractivity contribution in [3.05, 3.63) is 0 Å². The first-order valence-corrected chi connectivity index (χ1v) is 6.58. The fraction of sp³-hybridized carbons (Fsp3) is 1.00. The minimum absolute atomic E-state index is 0.340. The van der Waals surface area contributed by atoms with Crippen LogP contribution in [0.3, 0.4) is 0 Å². The smallest absolute Gasteiger partial charge is 0.232 e. The van der Waals surface area contributed by atoms with Gasteiger partial charge in [0, 0.05) is 22.7 Å². The molecule has 0 aromatic carbocycles. The van der Waals surface area contributed by atoms with Gasteiger partial charge >= 0.3 is 0 Å². The molecule has 0 unspecified atom stereocenters. The second kappa shape index (κ2) is 6.73. The molecule has 0 atom stereocenters. The van der Waals surface area contributed by atoms with Gasteiger partial charge in [-0.15, -0.1) is 3.33 Å². The molecular formula is C7H15BrFNO2S. The molecule has 0 aliphatic carbocycles. The van der Waals surface area contributed by atoms with E-state index >= 15 is 0 Å². The van der Waals surface area contributed by atoms with Gasteiger partial charge in [0.1, 0.15) is 0 Å². The van der Waals surface area contributed by atoms with Gasteiger partial charge in [0.15, 0.2) is 0 Å². The van der Waals surface area contributed by atoms with Gasteiger partial charge in [-0.1, -0.05) is 26.2 Å². The van der Waals surface area contributed by atoms with Crippen molar-refractivity contribution >= 4 is 26.2 Å². The molecule has 0 fully saturated rings. The van der Waals surface area contributed by atoms with Gasteiger partial charge in [0.05, 0.1) is 0 Å². The molecular weight excluding hydrogens is 261 g/mol. The summed E-state index contributed by atoms with van der Waals surface area (Å²) in [5.74, 6) is 0. The summed E-state index contributed by atoms with van der Waals surface area (Å²) in [5.41, 5.74) is 0. The number of nitrogens with zero attached hydrogens (tertiary/aromatic N) is 1. The van der Waals surface area contributed by atoms with Crippen molar-refractivity contribution in [2.45, 2.75) is 32.6 Å². The third-order valence-electron chi connectivity index (χ3n) is 1.63. The van der Waals surface area contributed by atoms with Gasteiger partial charge in [-0.3, -0.25) is 0 Å². The SMILES string of the molecule is CCCCCCN(Br)S(=O)(=O)CF. The van der Waals surface area contributed by atoms with Crippen molar-refractivity contribution in [1.82, 2.24) is 3.33 Å². The molecule has 3 nitrogen and oxygen atoms in total. The predicted molar refractivity (Wildman–Crippen MR) is 54.7 cm³/mol. The van der Waals surface area contributed by atoms with E-state index in [1.807, 2.05) is 0 Å². The molecule has 0 heterocycles. The highest BCUT2D eigenvalue weighted by Crippen LogP contribution is 2.11. The maximum absolute atomic E-state index is 11.9. The van der Waals surface area contributed by atoms with E-state index in [2.05, 4.69) is 23.1 Å². The summed E-state index contributed by atoms with van der Waals surface area (Å²) in [6.07, 6.45) is 3.91. The lowest BCUT2D eigenvalue weighted by Crippen LogP contribution is -2.23. The number of unbranched alkanes of at least 4 members (excludes halogenated alkanes) is 3. The van der Waals surface area contributed by atoms with E-state index in [-0.39, 0.29) is 0 Å². The molecule has 0 aromatic heterocycles. The molecule has 0 N–H and O–H groups in total. The normalized spacial score (nSPS) is 12.3. The molecule has 0 bridgehead atoms. The van der Waals surface area contributed by atoms with Crippen LogP contribution in [0.25, 0.3) is 0 Å². The van der Waals surface area contributed by atoms with Crippen molar-refractivity contribution in [3.63, 3.8) is 0 Å². The number of rotatable bonds is 7. The Hall–Kier alpha value is 0.320. The van der Waals surface area contributed by atoms with Crippen LogP contribution >= 0.6 is 16.1 Å². The molecule has 0 radical (unpaired) electrons. The lowest BCUT2D eigenvalue weighted by molar-refractivity contribution is 0.491. The number of halogens is 2. The van der Waals surface area contributed by atoms with E-state index in [1.165, 1.54) is 0 Å². The van der Waals surface area contributed by atoms with E-state index < -0.39 is 16.0 Å². The molecule has 0 saturated carbocycles. The molecule has 0 aliphatic rings. The lowest BCUT2D eigenvalue weighted by atomic mass is 10.2. The summed E-state index contributed by atoms with van der Waals surface area (Å²) in [6.45, 7) is 2.41. The molecule has 13 heavy (non-hydrogen) atoms. The highest BCUT2D eigenvalue weighted by Gasteiger charge is 2.17. The zero-order chi connectivity index (χ0) is 10.3. The zero-order valence-electron chi connectivity index (χ0n) is 7.67. The summed E-state index contributed by atoms with van der Waals surface area (Å²) >= 11 is 2.82. The fourth-order valence-electron chi connectivity index (χ4n) is 0.855. The maximum atomic E-state index is 11.9. The minimum atomic E-state index is -3.70. The summed E-state index contributed by atoms with van der Waals surface area (Å²) in [6, 6.07) is -1.34. The van der Waals surface area contributed by atoms with Gasteiger partial charge < -0.3 is 0 Å². The zero-order valence-corrected chi connectivity index (χ0v) is 10.1. The Labute approximate surface area is 87.7 Å². The van der Waals surface area contributed by atoms with Crippen LogP contribution in [0.1, 0.15) is 32.6 Å². The molecule has 0 rings (SSSR count).